The maximum absolute atomic E-state index is 4.86. The van der Waals surface area contributed by atoms with Gasteiger partial charge in [-0.3, -0.25) is 4.98 Å². The number of hydrogen-bond acceptors (Lipinski definition) is 2. The average molecular weight is 147 g/mol. The molecule has 11 heavy (non-hydrogen) atoms. The number of rotatable bonds is 1. The molecule has 1 aromatic rings. The van der Waals surface area contributed by atoms with Gasteiger partial charge in [-0.15, -0.1) is 0 Å². The van der Waals surface area contributed by atoms with E-state index in [0.29, 0.717) is 6.61 Å². The third kappa shape index (κ3) is 2.72. The van der Waals surface area contributed by atoms with Crippen LogP contribution in [0, 0.1) is 12.0 Å². The Morgan fingerprint density at radius 1 is 1.45 bits per heavy atom. The predicted molar refractivity (Wildman–Crippen MR) is 42.7 cm³/mol. The van der Waals surface area contributed by atoms with Crippen LogP contribution in [0.1, 0.15) is 12.5 Å². The Labute approximate surface area is 66.2 Å². The zero-order valence-electron chi connectivity index (χ0n) is 6.37. The molecule has 0 spiro atoms. The quantitative estimate of drug-likeness (QED) is 0.560. The molecule has 0 bridgehead atoms. The number of ether oxygens (including phenoxy) is 1. The Balaban J connectivity index is 2.59. The van der Waals surface area contributed by atoms with Gasteiger partial charge in [-0.1, -0.05) is 0 Å². The van der Waals surface area contributed by atoms with Gasteiger partial charge in [0, 0.05) is 18.0 Å². The van der Waals surface area contributed by atoms with Crippen molar-refractivity contribution >= 4 is 0 Å². The first kappa shape index (κ1) is 7.62. The van der Waals surface area contributed by atoms with Crippen LogP contribution < -0.4 is 0 Å². The topological polar surface area (TPSA) is 22.1 Å². The molecule has 0 aliphatic rings. The average Bonchev–Trinajstić information content (AvgIpc) is 2.07. The minimum Gasteiger partial charge on any atom is -0.447 e. The molecule has 0 aromatic carbocycles. The SMILES string of the molecule is CCOC#Cc1ccncc1. The van der Waals surface area contributed by atoms with Crippen molar-refractivity contribution in [2.24, 2.45) is 0 Å². The molecule has 0 saturated carbocycles. The van der Waals surface area contributed by atoms with E-state index in [1.54, 1.807) is 12.4 Å². The zero-order chi connectivity index (χ0) is 7.94. The highest BCUT2D eigenvalue weighted by molar-refractivity contribution is 5.30. The molecule has 0 atom stereocenters. The van der Waals surface area contributed by atoms with Crippen LogP contribution in [-0.4, -0.2) is 11.6 Å². The molecule has 0 unspecified atom stereocenters. The monoisotopic (exact) mass is 147 g/mol. The number of pyridine rings is 1. The van der Waals surface area contributed by atoms with E-state index in [9.17, 15) is 0 Å². The fourth-order valence-electron chi connectivity index (χ4n) is 0.602. The van der Waals surface area contributed by atoms with E-state index in [0.717, 1.165) is 5.56 Å². The standard InChI is InChI=1S/C9H9NO/c1-2-11-8-5-9-3-6-10-7-4-9/h3-4,6-7H,2H2,1H3. The van der Waals surface area contributed by atoms with Crippen molar-refractivity contribution in [3.8, 4) is 12.0 Å². The lowest BCUT2D eigenvalue weighted by Gasteiger charge is -1.86. The normalized spacial score (nSPS) is 8.09. The molecule has 2 heteroatoms. The van der Waals surface area contributed by atoms with E-state index < -0.39 is 0 Å². The summed E-state index contributed by atoms with van der Waals surface area (Å²) in [5, 5.41) is 0. The molecule has 1 heterocycles. The van der Waals surface area contributed by atoms with E-state index in [1.807, 2.05) is 19.1 Å². The largest absolute Gasteiger partial charge is 0.447 e. The number of nitrogens with zero attached hydrogens (tertiary/aromatic N) is 1. The fraction of sp³-hybridized carbons (Fsp3) is 0.222. The summed E-state index contributed by atoms with van der Waals surface area (Å²) in [7, 11) is 0. The van der Waals surface area contributed by atoms with Gasteiger partial charge in [0.25, 0.3) is 0 Å². The van der Waals surface area contributed by atoms with E-state index in [-0.39, 0.29) is 0 Å². The molecule has 0 aliphatic heterocycles. The van der Waals surface area contributed by atoms with Gasteiger partial charge < -0.3 is 4.74 Å². The minimum atomic E-state index is 0.623. The summed E-state index contributed by atoms with van der Waals surface area (Å²) in [6, 6.07) is 3.68. The minimum absolute atomic E-state index is 0.623. The molecule has 1 aromatic heterocycles. The van der Waals surface area contributed by atoms with Crippen molar-refractivity contribution in [2.45, 2.75) is 6.92 Å². The van der Waals surface area contributed by atoms with Gasteiger partial charge in [-0.25, -0.2) is 0 Å². The molecular formula is C9H9NO. The van der Waals surface area contributed by atoms with Crippen LogP contribution in [-0.2, 0) is 4.74 Å². The van der Waals surface area contributed by atoms with Gasteiger partial charge in [-0.2, -0.15) is 0 Å². The van der Waals surface area contributed by atoms with Crippen LogP contribution >= 0.6 is 0 Å². The summed E-state index contributed by atoms with van der Waals surface area (Å²) in [6.45, 7) is 2.53. The van der Waals surface area contributed by atoms with Crippen LogP contribution in [0.4, 0.5) is 0 Å². The van der Waals surface area contributed by atoms with Crippen molar-refractivity contribution in [2.75, 3.05) is 6.61 Å². The second-order valence-corrected chi connectivity index (χ2v) is 1.90. The lowest BCUT2D eigenvalue weighted by atomic mass is 10.3. The van der Waals surface area contributed by atoms with Gasteiger partial charge >= 0.3 is 0 Å². The molecule has 0 fully saturated rings. The molecular weight excluding hydrogens is 138 g/mol. The summed E-state index contributed by atoms with van der Waals surface area (Å²) in [5.41, 5.74) is 0.924. The van der Waals surface area contributed by atoms with Crippen LogP contribution in [0.25, 0.3) is 0 Å². The molecule has 0 aliphatic carbocycles. The molecule has 56 valence electrons. The highest BCUT2D eigenvalue weighted by Gasteiger charge is 1.80. The number of aromatic nitrogens is 1. The van der Waals surface area contributed by atoms with E-state index in [4.69, 9.17) is 4.74 Å². The van der Waals surface area contributed by atoms with E-state index >= 15 is 0 Å². The Kier molecular flexibility index (Phi) is 3.01. The van der Waals surface area contributed by atoms with Crippen LogP contribution in [0.3, 0.4) is 0 Å². The number of hydrogen-bond donors (Lipinski definition) is 0. The van der Waals surface area contributed by atoms with Crippen LogP contribution in [0.15, 0.2) is 24.5 Å². The summed E-state index contributed by atoms with van der Waals surface area (Å²) < 4.78 is 4.86. The van der Waals surface area contributed by atoms with E-state index in [2.05, 4.69) is 17.0 Å². The van der Waals surface area contributed by atoms with Crippen molar-refractivity contribution in [1.82, 2.24) is 4.98 Å². The molecule has 0 radical (unpaired) electrons. The third-order valence-corrected chi connectivity index (χ3v) is 1.09. The van der Waals surface area contributed by atoms with Crippen molar-refractivity contribution in [3.05, 3.63) is 30.1 Å². The Bertz CT molecular complexity index is 258. The maximum Gasteiger partial charge on any atom is 0.115 e. The summed E-state index contributed by atoms with van der Waals surface area (Å²) >= 11 is 0. The lowest BCUT2D eigenvalue weighted by Crippen LogP contribution is -1.78. The second-order valence-electron chi connectivity index (χ2n) is 1.90. The van der Waals surface area contributed by atoms with Gasteiger partial charge in [-0.05, 0) is 25.0 Å². The first-order valence-electron chi connectivity index (χ1n) is 3.46. The van der Waals surface area contributed by atoms with E-state index in [1.165, 1.54) is 0 Å². The van der Waals surface area contributed by atoms with Gasteiger partial charge in [0.15, 0.2) is 0 Å². The van der Waals surface area contributed by atoms with Crippen LogP contribution in [0.2, 0.25) is 0 Å². The van der Waals surface area contributed by atoms with Crippen molar-refractivity contribution in [1.29, 1.82) is 0 Å². The maximum atomic E-state index is 4.86. The van der Waals surface area contributed by atoms with Gasteiger partial charge in [0.2, 0.25) is 0 Å². The molecule has 0 N–H and O–H groups in total. The second kappa shape index (κ2) is 4.35. The van der Waals surface area contributed by atoms with Gasteiger partial charge in [0.05, 0.1) is 6.61 Å². The Hall–Kier alpha value is -1.49. The van der Waals surface area contributed by atoms with Gasteiger partial charge in [0.1, 0.15) is 6.11 Å². The summed E-state index contributed by atoms with van der Waals surface area (Å²) in [5.74, 6) is 2.83. The van der Waals surface area contributed by atoms with Crippen molar-refractivity contribution in [3.63, 3.8) is 0 Å². The smallest absolute Gasteiger partial charge is 0.115 e. The lowest BCUT2D eigenvalue weighted by molar-refractivity contribution is 0.299. The molecule has 1 rings (SSSR count). The summed E-state index contributed by atoms with van der Waals surface area (Å²) in [6.07, 6.45) is 5.98. The van der Waals surface area contributed by atoms with Crippen LogP contribution in [0.5, 0.6) is 0 Å². The Morgan fingerprint density at radius 2 is 2.18 bits per heavy atom. The molecule has 2 nitrogen and oxygen atoms in total. The highest BCUT2D eigenvalue weighted by atomic mass is 16.5. The first-order valence-corrected chi connectivity index (χ1v) is 3.46. The summed E-state index contributed by atoms with van der Waals surface area (Å²) in [4.78, 5) is 3.87. The fourth-order valence-corrected chi connectivity index (χ4v) is 0.602. The van der Waals surface area contributed by atoms with Crippen molar-refractivity contribution < 1.29 is 4.74 Å². The first-order chi connectivity index (χ1) is 5.43. The molecule has 0 saturated heterocycles. The zero-order valence-corrected chi connectivity index (χ0v) is 6.37. The highest BCUT2D eigenvalue weighted by Crippen LogP contribution is 1.91. The predicted octanol–water partition coefficient (Wildman–Crippen LogP) is 1.43. The third-order valence-electron chi connectivity index (χ3n) is 1.09. The Morgan fingerprint density at radius 3 is 2.82 bits per heavy atom. The molecule has 0 amide bonds.